The van der Waals surface area contributed by atoms with Crippen molar-refractivity contribution in [3.05, 3.63) is 65.6 Å². The molecule has 1 aromatic carbocycles. The first kappa shape index (κ1) is 19.3. The van der Waals surface area contributed by atoms with Crippen LogP contribution < -0.4 is 14.8 Å². The van der Waals surface area contributed by atoms with E-state index in [1.807, 2.05) is 30.3 Å². The number of ether oxygens (including phenoxy) is 2. The molecular weight excluding hydrogens is 413 g/mol. The van der Waals surface area contributed by atoms with Gasteiger partial charge in [-0.2, -0.15) is 0 Å². The lowest BCUT2D eigenvalue weighted by Crippen LogP contribution is -2.01. The molecule has 3 aromatic heterocycles. The molecule has 0 amide bonds. The van der Waals surface area contributed by atoms with Gasteiger partial charge in [0.1, 0.15) is 30.2 Å². The van der Waals surface area contributed by atoms with Crippen molar-refractivity contribution in [3.63, 3.8) is 0 Å². The van der Waals surface area contributed by atoms with Crippen molar-refractivity contribution in [2.24, 2.45) is 0 Å². The van der Waals surface area contributed by atoms with Crippen molar-refractivity contribution in [3.8, 4) is 11.6 Å². The molecule has 0 aliphatic carbocycles. The number of fused-ring (bicyclic) bond motifs is 1. The second-order valence-electron chi connectivity index (χ2n) is 6.03. The van der Waals surface area contributed by atoms with Crippen LogP contribution in [0.25, 0.3) is 10.9 Å². The third kappa shape index (κ3) is 4.52. The van der Waals surface area contributed by atoms with Crippen molar-refractivity contribution < 1.29 is 9.47 Å². The predicted molar refractivity (Wildman–Crippen MR) is 113 cm³/mol. The van der Waals surface area contributed by atoms with Crippen LogP contribution in [-0.2, 0) is 6.61 Å². The standard InChI is InChI=1S/C20H17Cl2N5O2/c21-7-10-28-20-18-16(26-27-20)6-9-24-19(18)25-13-4-5-17(15(22)11-13)29-12-14-3-1-2-8-23-14/h1-6,8-9,11H,7,10,12H2,(H,24,25)(H,26,27). The molecule has 3 heterocycles. The van der Waals surface area contributed by atoms with Crippen LogP contribution in [0.2, 0.25) is 5.02 Å². The van der Waals surface area contributed by atoms with Gasteiger partial charge >= 0.3 is 0 Å². The number of rotatable bonds is 8. The number of anilines is 2. The molecule has 0 aliphatic heterocycles. The van der Waals surface area contributed by atoms with Crippen molar-refractivity contribution in [2.75, 3.05) is 17.8 Å². The summed E-state index contributed by atoms with van der Waals surface area (Å²) >= 11 is 12.1. The predicted octanol–water partition coefficient (Wildman–Crippen LogP) is 4.95. The Labute approximate surface area is 177 Å². The van der Waals surface area contributed by atoms with Crippen molar-refractivity contribution in [2.45, 2.75) is 6.61 Å². The van der Waals surface area contributed by atoms with Crippen LogP contribution >= 0.6 is 23.2 Å². The van der Waals surface area contributed by atoms with E-state index in [9.17, 15) is 0 Å². The Hall–Kier alpha value is -3.03. The van der Waals surface area contributed by atoms with Gasteiger partial charge in [-0.05, 0) is 36.4 Å². The molecule has 0 saturated carbocycles. The summed E-state index contributed by atoms with van der Waals surface area (Å²) in [5.41, 5.74) is 2.38. The summed E-state index contributed by atoms with van der Waals surface area (Å²) in [6, 6.07) is 12.9. The minimum absolute atomic E-state index is 0.338. The highest BCUT2D eigenvalue weighted by Crippen LogP contribution is 2.33. The summed E-state index contributed by atoms with van der Waals surface area (Å²) in [5.74, 6) is 1.98. The Kier molecular flexibility index (Phi) is 5.97. The molecule has 0 spiro atoms. The first-order chi connectivity index (χ1) is 14.2. The number of nitrogens with one attached hydrogen (secondary N) is 2. The molecule has 0 radical (unpaired) electrons. The van der Waals surface area contributed by atoms with Gasteiger partial charge in [0.05, 0.1) is 22.1 Å². The number of aromatic nitrogens is 4. The van der Waals surface area contributed by atoms with Gasteiger partial charge in [0.15, 0.2) is 0 Å². The molecule has 4 aromatic rings. The van der Waals surface area contributed by atoms with Gasteiger partial charge in [0.25, 0.3) is 0 Å². The van der Waals surface area contributed by atoms with E-state index in [4.69, 9.17) is 32.7 Å². The summed E-state index contributed by atoms with van der Waals surface area (Å²) in [6.45, 7) is 0.689. The first-order valence-electron chi connectivity index (χ1n) is 8.85. The Balaban J connectivity index is 1.52. The molecule has 29 heavy (non-hydrogen) atoms. The van der Waals surface area contributed by atoms with Gasteiger partial charge in [0, 0.05) is 18.1 Å². The van der Waals surface area contributed by atoms with Gasteiger partial charge in [-0.3, -0.25) is 10.1 Å². The Morgan fingerprint density at radius 1 is 1.03 bits per heavy atom. The molecule has 7 nitrogen and oxygen atoms in total. The molecule has 0 fully saturated rings. The summed E-state index contributed by atoms with van der Waals surface area (Å²) in [4.78, 5) is 8.64. The molecule has 2 N–H and O–H groups in total. The second kappa shape index (κ2) is 8.98. The molecule has 0 bridgehead atoms. The zero-order valence-corrected chi connectivity index (χ0v) is 16.7. The number of aromatic amines is 1. The van der Waals surface area contributed by atoms with Crippen molar-refractivity contribution in [1.82, 2.24) is 20.2 Å². The van der Waals surface area contributed by atoms with Gasteiger partial charge in [-0.1, -0.05) is 17.7 Å². The summed E-state index contributed by atoms with van der Waals surface area (Å²) in [7, 11) is 0. The highest BCUT2D eigenvalue weighted by molar-refractivity contribution is 6.32. The fourth-order valence-corrected chi connectivity index (χ4v) is 3.05. The fraction of sp³-hybridized carbons (Fsp3) is 0.150. The van der Waals surface area contributed by atoms with Crippen LogP contribution in [0.1, 0.15) is 5.69 Å². The van der Waals surface area contributed by atoms with E-state index in [-0.39, 0.29) is 0 Å². The minimum Gasteiger partial charge on any atom is -0.486 e. The number of pyridine rings is 2. The highest BCUT2D eigenvalue weighted by atomic mass is 35.5. The molecule has 148 valence electrons. The number of H-pyrrole nitrogens is 1. The quantitative estimate of drug-likeness (QED) is 0.385. The molecule has 0 unspecified atom stereocenters. The van der Waals surface area contributed by atoms with Crippen LogP contribution in [0.5, 0.6) is 11.6 Å². The topological polar surface area (TPSA) is 85.0 Å². The lowest BCUT2D eigenvalue weighted by Gasteiger charge is -2.11. The van der Waals surface area contributed by atoms with Gasteiger partial charge in [-0.15, -0.1) is 16.7 Å². The van der Waals surface area contributed by atoms with E-state index in [0.29, 0.717) is 41.6 Å². The van der Waals surface area contributed by atoms with Crippen molar-refractivity contribution in [1.29, 1.82) is 0 Å². The maximum Gasteiger partial charge on any atom is 0.244 e. The van der Waals surface area contributed by atoms with E-state index < -0.39 is 0 Å². The average Bonchev–Trinajstić information content (AvgIpc) is 3.16. The monoisotopic (exact) mass is 429 g/mol. The van der Waals surface area contributed by atoms with Crippen LogP contribution in [0.3, 0.4) is 0 Å². The maximum atomic E-state index is 6.40. The van der Waals surface area contributed by atoms with Crippen LogP contribution in [0, 0.1) is 0 Å². The number of benzene rings is 1. The summed E-state index contributed by atoms with van der Waals surface area (Å²) in [5, 5.41) is 11.6. The van der Waals surface area contributed by atoms with E-state index in [0.717, 1.165) is 22.3 Å². The van der Waals surface area contributed by atoms with Crippen LogP contribution in [0.15, 0.2) is 54.9 Å². The Bertz CT molecular complexity index is 1100. The Morgan fingerprint density at radius 3 is 2.76 bits per heavy atom. The number of hydrogen-bond acceptors (Lipinski definition) is 6. The molecular formula is C20H17Cl2N5O2. The van der Waals surface area contributed by atoms with Crippen LogP contribution in [0.4, 0.5) is 11.5 Å². The zero-order valence-electron chi connectivity index (χ0n) is 15.2. The Morgan fingerprint density at radius 2 is 1.97 bits per heavy atom. The number of alkyl halides is 1. The van der Waals surface area contributed by atoms with Gasteiger partial charge in [0.2, 0.25) is 5.88 Å². The zero-order chi connectivity index (χ0) is 20.1. The second-order valence-corrected chi connectivity index (χ2v) is 6.81. The lowest BCUT2D eigenvalue weighted by molar-refractivity contribution is 0.301. The third-order valence-electron chi connectivity index (χ3n) is 4.05. The molecule has 0 saturated heterocycles. The first-order valence-corrected chi connectivity index (χ1v) is 9.77. The van der Waals surface area contributed by atoms with E-state index in [1.54, 1.807) is 24.5 Å². The average molecular weight is 430 g/mol. The fourth-order valence-electron chi connectivity index (χ4n) is 2.74. The molecule has 0 aliphatic rings. The number of nitrogens with zero attached hydrogens (tertiary/aromatic N) is 3. The van der Waals surface area contributed by atoms with Gasteiger partial charge in [-0.25, -0.2) is 4.98 Å². The summed E-state index contributed by atoms with van der Waals surface area (Å²) in [6.07, 6.45) is 3.40. The summed E-state index contributed by atoms with van der Waals surface area (Å²) < 4.78 is 11.4. The molecule has 0 atom stereocenters. The smallest absolute Gasteiger partial charge is 0.244 e. The van der Waals surface area contributed by atoms with E-state index in [1.165, 1.54) is 0 Å². The largest absolute Gasteiger partial charge is 0.486 e. The van der Waals surface area contributed by atoms with Gasteiger partial charge < -0.3 is 14.8 Å². The SMILES string of the molecule is ClCCOc1n[nH]c2ccnc(Nc3ccc(OCc4ccccn4)c(Cl)c3)c12. The minimum atomic E-state index is 0.338. The molecule has 4 rings (SSSR count). The van der Waals surface area contributed by atoms with E-state index in [2.05, 4.69) is 25.5 Å². The normalized spacial score (nSPS) is 10.8. The number of hydrogen-bond donors (Lipinski definition) is 2. The van der Waals surface area contributed by atoms with Crippen molar-refractivity contribution >= 4 is 45.6 Å². The lowest BCUT2D eigenvalue weighted by atomic mass is 10.2. The third-order valence-corrected chi connectivity index (χ3v) is 4.50. The highest BCUT2D eigenvalue weighted by Gasteiger charge is 2.14. The number of halogens is 2. The maximum absolute atomic E-state index is 6.40. The van der Waals surface area contributed by atoms with E-state index >= 15 is 0 Å². The molecule has 9 heteroatoms. The van der Waals surface area contributed by atoms with Crippen LogP contribution in [-0.4, -0.2) is 32.7 Å².